The van der Waals surface area contributed by atoms with Crippen molar-refractivity contribution in [2.24, 2.45) is 5.92 Å². The van der Waals surface area contributed by atoms with Crippen LogP contribution >= 0.6 is 11.3 Å². The van der Waals surface area contributed by atoms with Crippen LogP contribution < -0.4 is 10.1 Å². The summed E-state index contributed by atoms with van der Waals surface area (Å²) in [6.45, 7) is 0. The number of anilines is 1. The monoisotopic (exact) mass is 284 g/mol. The molecule has 20 heavy (non-hydrogen) atoms. The lowest BCUT2D eigenvalue weighted by atomic mass is 10.1. The highest BCUT2D eigenvalue weighted by atomic mass is 32.1. The number of nitrogens with zero attached hydrogens (tertiary/aromatic N) is 1. The van der Waals surface area contributed by atoms with Crippen molar-refractivity contribution in [3.05, 3.63) is 46.2 Å². The number of nitrogens with one attached hydrogen (secondary N) is 1. The highest BCUT2D eigenvalue weighted by Crippen LogP contribution is 2.45. The maximum absolute atomic E-state index is 9.29. The van der Waals surface area contributed by atoms with Crippen LogP contribution in [0, 0.1) is 17.2 Å². The van der Waals surface area contributed by atoms with Gasteiger partial charge in [-0.25, -0.2) is 0 Å². The van der Waals surface area contributed by atoms with Gasteiger partial charge in [-0.05, 0) is 42.3 Å². The molecule has 1 aliphatic rings. The summed E-state index contributed by atoms with van der Waals surface area (Å²) in [5.74, 6) is 1.39. The summed E-state index contributed by atoms with van der Waals surface area (Å²) in [5.41, 5.74) is 1.44. The van der Waals surface area contributed by atoms with Crippen molar-refractivity contribution in [2.75, 3.05) is 12.4 Å². The SMILES string of the molecule is COc1cccc(C#N)c1NC(c1cccs1)C1CC1. The van der Waals surface area contributed by atoms with Crippen LogP contribution in [0.1, 0.15) is 29.3 Å². The van der Waals surface area contributed by atoms with E-state index in [1.54, 1.807) is 18.4 Å². The van der Waals surface area contributed by atoms with Gasteiger partial charge in [-0.15, -0.1) is 11.3 Å². The topological polar surface area (TPSA) is 45.0 Å². The molecule has 1 aromatic heterocycles. The average molecular weight is 284 g/mol. The van der Waals surface area contributed by atoms with Gasteiger partial charge in [0.1, 0.15) is 11.8 Å². The first-order valence-electron chi connectivity index (χ1n) is 6.70. The number of rotatable bonds is 5. The number of thiophene rings is 1. The molecule has 0 radical (unpaired) electrons. The second-order valence-electron chi connectivity index (χ2n) is 4.97. The van der Waals surface area contributed by atoms with Gasteiger partial charge in [0.2, 0.25) is 0 Å². The van der Waals surface area contributed by atoms with Crippen LogP contribution in [0.2, 0.25) is 0 Å². The Kier molecular flexibility index (Phi) is 3.62. The van der Waals surface area contributed by atoms with Gasteiger partial charge in [0.15, 0.2) is 0 Å². The predicted molar refractivity (Wildman–Crippen MR) is 81.1 cm³/mol. The van der Waals surface area contributed by atoms with Gasteiger partial charge in [0.05, 0.1) is 24.4 Å². The molecule has 102 valence electrons. The van der Waals surface area contributed by atoms with Crippen LogP contribution in [0.4, 0.5) is 5.69 Å². The maximum Gasteiger partial charge on any atom is 0.143 e. The zero-order chi connectivity index (χ0) is 13.9. The van der Waals surface area contributed by atoms with E-state index in [0.29, 0.717) is 11.5 Å². The third kappa shape index (κ3) is 2.50. The fraction of sp³-hybridized carbons (Fsp3) is 0.312. The third-order valence-corrected chi connectivity index (χ3v) is 4.56. The van der Waals surface area contributed by atoms with Crippen molar-refractivity contribution in [1.82, 2.24) is 0 Å². The number of ether oxygens (including phenoxy) is 1. The summed E-state index contributed by atoms with van der Waals surface area (Å²) < 4.78 is 5.40. The molecular weight excluding hydrogens is 268 g/mol. The predicted octanol–water partition coefficient (Wildman–Crippen LogP) is 4.19. The van der Waals surface area contributed by atoms with Gasteiger partial charge >= 0.3 is 0 Å². The fourth-order valence-corrected chi connectivity index (χ4v) is 3.29. The molecule has 2 aromatic rings. The number of hydrogen-bond donors (Lipinski definition) is 1. The summed E-state index contributed by atoms with van der Waals surface area (Å²) in [6, 6.07) is 12.3. The summed E-state index contributed by atoms with van der Waals surface area (Å²) in [4.78, 5) is 1.32. The molecule has 1 heterocycles. The highest BCUT2D eigenvalue weighted by molar-refractivity contribution is 7.10. The summed E-state index contributed by atoms with van der Waals surface area (Å²) >= 11 is 1.76. The van der Waals surface area contributed by atoms with Crippen molar-refractivity contribution in [3.63, 3.8) is 0 Å². The van der Waals surface area contributed by atoms with Crippen LogP contribution in [0.3, 0.4) is 0 Å². The lowest BCUT2D eigenvalue weighted by Gasteiger charge is -2.21. The van der Waals surface area contributed by atoms with Crippen molar-refractivity contribution >= 4 is 17.0 Å². The van der Waals surface area contributed by atoms with Crippen LogP contribution in [-0.2, 0) is 0 Å². The second-order valence-corrected chi connectivity index (χ2v) is 5.95. The molecule has 1 aromatic carbocycles. The molecule has 0 aliphatic heterocycles. The minimum absolute atomic E-state index is 0.276. The minimum atomic E-state index is 0.276. The molecule has 0 spiro atoms. The third-order valence-electron chi connectivity index (χ3n) is 3.61. The van der Waals surface area contributed by atoms with Crippen molar-refractivity contribution < 1.29 is 4.74 Å². The Morgan fingerprint density at radius 1 is 1.35 bits per heavy atom. The van der Waals surface area contributed by atoms with E-state index < -0.39 is 0 Å². The van der Waals surface area contributed by atoms with Gasteiger partial charge in [-0.3, -0.25) is 0 Å². The van der Waals surface area contributed by atoms with E-state index in [1.165, 1.54) is 17.7 Å². The molecule has 1 N–H and O–H groups in total. The number of hydrogen-bond acceptors (Lipinski definition) is 4. The fourth-order valence-electron chi connectivity index (χ4n) is 2.42. The summed E-state index contributed by atoms with van der Waals surface area (Å²) in [7, 11) is 1.64. The molecule has 1 fully saturated rings. The van der Waals surface area contributed by atoms with Crippen molar-refractivity contribution in [3.8, 4) is 11.8 Å². The Morgan fingerprint density at radius 3 is 2.80 bits per heavy atom. The smallest absolute Gasteiger partial charge is 0.143 e. The number of benzene rings is 1. The lowest BCUT2D eigenvalue weighted by Crippen LogP contribution is -2.13. The number of para-hydroxylation sites is 1. The average Bonchev–Trinajstić information content (AvgIpc) is 3.18. The second kappa shape index (κ2) is 5.56. The van der Waals surface area contributed by atoms with Crippen LogP contribution in [0.25, 0.3) is 0 Å². The molecule has 4 heteroatoms. The van der Waals surface area contributed by atoms with Gasteiger partial charge in [0, 0.05) is 4.88 Å². The molecule has 1 saturated carbocycles. The van der Waals surface area contributed by atoms with Crippen molar-refractivity contribution in [2.45, 2.75) is 18.9 Å². The molecule has 3 nitrogen and oxygen atoms in total. The van der Waals surface area contributed by atoms with E-state index >= 15 is 0 Å². The van der Waals surface area contributed by atoms with Gasteiger partial charge in [0.25, 0.3) is 0 Å². The Balaban J connectivity index is 1.95. The molecule has 3 rings (SSSR count). The molecular formula is C16H16N2OS. The van der Waals surface area contributed by atoms with Crippen LogP contribution in [-0.4, -0.2) is 7.11 Å². The van der Waals surface area contributed by atoms with E-state index in [9.17, 15) is 5.26 Å². The molecule has 1 unspecified atom stereocenters. The summed E-state index contributed by atoms with van der Waals surface area (Å²) in [6.07, 6.45) is 2.49. The standard InChI is InChI=1S/C16H16N2OS/c1-19-13-5-2-4-12(10-17)15(13)18-16(11-7-8-11)14-6-3-9-20-14/h2-6,9,11,16,18H,7-8H2,1H3. The molecule has 1 aliphatic carbocycles. The van der Waals surface area contributed by atoms with E-state index in [1.807, 2.05) is 18.2 Å². The van der Waals surface area contributed by atoms with E-state index in [4.69, 9.17) is 4.74 Å². The molecule has 0 bridgehead atoms. The first kappa shape index (κ1) is 13.0. The van der Waals surface area contributed by atoms with E-state index in [2.05, 4.69) is 28.9 Å². The van der Waals surface area contributed by atoms with E-state index in [0.717, 1.165) is 11.4 Å². The van der Waals surface area contributed by atoms with Crippen molar-refractivity contribution in [1.29, 1.82) is 5.26 Å². The maximum atomic E-state index is 9.29. The minimum Gasteiger partial charge on any atom is -0.495 e. The quantitative estimate of drug-likeness (QED) is 0.895. The Hall–Kier alpha value is -1.99. The van der Waals surface area contributed by atoms with E-state index in [-0.39, 0.29) is 6.04 Å². The zero-order valence-electron chi connectivity index (χ0n) is 11.3. The zero-order valence-corrected chi connectivity index (χ0v) is 12.1. The first-order valence-corrected chi connectivity index (χ1v) is 7.58. The van der Waals surface area contributed by atoms with Crippen LogP contribution in [0.15, 0.2) is 35.7 Å². The normalized spacial score (nSPS) is 15.4. The Bertz CT molecular complexity index is 626. The number of methoxy groups -OCH3 is 1. The lowest BCUT2D eigenvalue weighted by molar-refractivity contribution is 0.415. The summed E-state index contributed by atoms with van der Waals surface area (Å²) in [5, 5.41) is 14.9. The molecule has 0 amide bonds. The van der Waals surface area contributed by atoms with Gasteiger partial charge in [-0.2, -0.15) is 5.26 Å². The Labute approximate surface area is 122 Å². The van der Waals surface area contributed by atoms with Gasteiger partial charge < -0.3 is 10.1 Å². The number of nitriles is 1. The Morgan fingerprint density at radius 2 is 2.20 bits per heavy atom. The first-order chi connectivity index (χ1) is 9.83. The largest absolute Gasteiger partial charge is 0.495 e. The van der Waals surface area contributed by atoms with Gasteiger partial charge in [-0.1, -0.05) is 12.1 Å². The van der Waals surface area contributed by atoms with Crippen LogP contribution in [0.5, 0.6) is 5.75 Å². The molecule has 0 saturated heterocycles. The molecule has 1 atom stereocenters. The highest BCUT2D eigenvalue weighted by Gasteiger charge is 2.33.